The minimum Gasteiger partial charge on any atom is -0.381 e. The van der Waals surface area contributed by atoms with E-state index in [-0.39, 0.29) is 0 Å². The lowest BCUT2D eigenvalue weighted by Crippen LogP contribution is -2.37. The molecule has 2 saturated heterocycles. The first-order chi connectivity index (χ1) is 17.8. The van der Waals surface area contributed by atoms with Crippen LogP contribution in [0.5, 0.6) is 0 Å². The summed E-state index contributed by atoms with van der Waals surface area (Å²) in [7, 11) is 0. The fraction of sp³-hybridized carbons (Fsp3) is 0.500. The molecule has 2 aliphatic heterocycles. The number of imidazole rings is 1. The first kappa shape index (κ1) is 24.3. The van der Waals surface area contributed by atoms with Crippen LogP contribution >= 0.6 is 0 Å². The van der Waals surface area contributed by atoms with Gasteiger partial charge < -0.3 is 18.9 Å². The molecule has 6 heterocycles. The molecule has 0 radical (unpaired) electrons. The number of pyridine rings is 1. The zero-order chi connectivity index (χ0) is 24.9. The SMILES string of the molecule is CC.CCn1c(-c2ccncc2)nc2c(N3CCOCC3)nc(-n3ccc(C4CCOCC4)n3)nc21. The van der Waals surface area contributed by atoms with E-state index in [2.05, 4.69) is 27.4 Å². The highest BCUT2D eigenvalue weighted by molar-refractivity contribution is 5.87. The van der Waals surface area contributed by atoms with Gasteiger partial charge in [-0.05, 0) is 38.0 Å². The van der Waals surface area contributed by atoms with Gasteiger partial charge in [-0.2, -0.15) is 15.1 Å². The highest BCUT2D eigenvalue weighted by atomic mass is 16.5. The highest BCUT2D eigenvalue weighted by Crippen LogP contribution is 2.31. The molecule has 0 aliphatic carbocycles. The van der Waals surface area contributed by atoms with E-state index in [0.717, 1.165) is 79.8 Å². The predicted molar refractivity (Wildman–Crippen MR) is 139 cm³/mol. The summed E-state index contributed by atoms with van der Waals surface area (Å²) < 4.78 is 15.1. The maximum atomic E-state index is 5.59. The van der Waals surface area contributed by atoms with Gasteiger partial charge in [-0.15, -0.1) is 0 Å². The van der Waals surface area contributed by atoms with Crippen LogP contribution in [0.15, 0.2) is 36.8 Å². The number of morpholine rings is 1. The molecule has 0 unspecified atom stereocenters. The average Bonchev–Trinajstić information content (AvgIpc) is 3.60. The normalized spacial score (nSPS) is 16.7. The Bertz CT molecular complexity index is 1270. The van der Waals surface area contributed by atoms with Crippen LogP contribution in [0.4, 0.5) is 5.82 Å². The molecule has 4 aromatic heterocycles. The Balaban J connectivity index is 0.00000130. The smallest absolute Gasteiger partial charge is 0.254 e. The Hall–Kier alpha value is -3.37. The maximum Gasteiger partial charge on any atom is 0.254 e. The lowest BCUT2D eigenvalue weighted by Gasteiger charge is -2.28. The van der Waals surface area contributed by atoms with Crippen molar-refractivity contribution in [1.82, 2.24) is 34.3 Å². The molecule has 0 aromatic carbocycles. The van der Waals surface area contributed by atoms with E-state index in [1.165, 1.54) is 0 Å². The third-order valence-corrected chi connectivity index (χ3v) is 6.58. The number of anilines is 1. The molecule has 0 N–H and O–H groups in total. The molecule has 6 rings (SSSR count). The van der Waals surface area contributed by atoms with Crippen molar-refractivity contribution in [3.05, 3.63) is 42.5 Å². The van der Waals surface area contributed by atoms with E-state index in [1.54, 1.807) is 17.1 Å². The number of ether oxygens (including phenoxy) is 2. The quantitative estimate of drug-likeness (QED) is 0.416. The van der Waals surface area contributed by atoms with Crippen molar-refractivity contribution in [2.75, 3.05) is 44.4 Å². The zero-order valence-corrected chi connectivity index (χ0v) is 21.3. The lowest BCUT2D eigenvalue weighted by atomic mass is 9.97. The number of hydrogen-bond acceptors (Lipinski definition) is 8. The van der Waals surface area contributed by atoms with Crippen LogP contribution < -0.4 is 4.90 Å². The molecule has 190 valence electrons. The fourth-order valence-corrected chi connectivity index (χ4v) is 4.75. The Morgan fingerprint density at radius 2 is 1.64 bits per heavy atom. The van der Waals surface area contributed by atoms with E-state index < -0.39 is 0 Å². The summed E-state index contributed by atoms with van der Waals surface area (Å²) in [5.41, 5.74) is 3.69. The first-order valence-corrected chi connectivity index (χ1v) is 13.0. The summed E-state index contributed by atoms with van der Waals surface area (Å²) in [5, 5.41) is 4.87. The highest BCUT2D eigenvalue weighted by Gasteiger charge is 2.25. The number of nitrogens with zero attached hydrogens (tertiary/aromatic N) is 8. The van der Waals surface area contributed by atoms with Gasteiger partial charge in [0.25, 0.3) is 5.95 Å². The van der Waals surface area contributed by atoms with Crippen molar-refractivity contribution in [3.8, 4) is 17.3 Å². The lowest BCUT2D eigenvalue weighted by molar-refractivity contribution is 0.0844. The average molecular weight is 491 g/mol. The molecule has 0 saturated carbocycles. The van der Waals surface area contributed by atoms with Gasteiger partial charge in [0.1, 0.15) is 5.82 Å². The summed E-state index contributed by atoms with van der Waals surface area (Å²) in [6.07, 6.45) is 7.53. The molecule has 2 aliphatic rings. The number of hydrogen-bond donors (Lipinski definition) is 0. The van der Waals surface area contributed by atoms with Crippen LogP contribution in [0.1, 0.15) is 45.2 Å². The van der Waals surface area contributed by atoms with Crippen LogP contribution in [-0.2, 0) is 16.0 Å². The van der Waals surface area contributed by atoms with Gasteiger partial charge in [0.15, 0.2) is 17.0 Å². The molecule has 2 fully saturated rings. The van der Waals surface area contributed by atoms with Crippen LogP contribution in [0, 0.1) is 0 Å². The van der Waals surface area contributed by atoms with Crippen molar-refractivity contribution >= 4 is 17.0 Å². The maximum absolute atomic E-state index is 5.59. The molecule has 10 nitrogen and oxygen atoms in total. The van der Waals surface area contributed by atoms with E-state index in [9.17, 15) is 0 Å². The molecule has 36 heavy (non-hydrogen) atoms. The Morgan fingerprint density at radius 1 is 0.917 bits per heavy atom. The van der Waals surface area contributed by atoms with Gasteiger partial charge in [-0.3, -0.25) is 4.98 Å². The van der Waals surface area contributed by atoms with E-state index in [4.69, 9.17) is 29.5 Å². The van der Waals surface area contributed by atoms with Crippen molar-refractivity contribution in [3.63, 3.8) is 0 Å². The van der Waals surface area contributed by atoms with E-state index in [0.29, 0.717) is 25.1 Å². The summed E-state index contributed by atoms with van der Waals surface area (Å²) in [4.78, 5) is 21.4. The Labute approximate surface area is 211 Å². The summed E-state index contributed by atoms with van der Waals surface area (Å²) in [6.45, 7) is 11.3. The standard InChI is InChI=1S/C24H28N8O2.C2H6/c1-2-31-21(18-3-8-25-9-4-18)26-20-22(30-11-15-34-16-12-30)27-24(28-23(20)31)32-10-5-19(29-32)17-6-13-33-14-7-17;1-2/h3-5,8-10,17H,2,6-7,11-16H2,1H3;1-2H3. The molecule has 0 atom stereocenters. The number of fused-ring (bicyclic) bond motifs is 1. The molecular weight excluding hydrogens is 456 g/mol. The van der Waals surface area contributed by atoms with Crippen LogP contribution in [0.25, 0.3) is 28.5 Å². The number of aryl methyl sites for hydroxylation is 1. The number of rotatable bonds is 5. The predicted octanol–water partition coefficient (Wildman–Crippen LogP) is 3.85. The van der Waals surface area contributed by atoms with Crippen LogP contribution in [0.3, 0.4) is 0 Å². The van der Waals surface area contributed by atoms with Gasteiger partial charge in [-0.25, -0.2) is 9.67 Å². The summed E-state index contributed by atoms with van der Waals surface area (Å²) >= 11 is 0. The summed E-state index contributed by atoms with van der Waals surface area (Å²) in [6, 6.07) is 6.03. The van der Waals surface area contributed by atoms with Gasteiger partial charge >= 0.3 is 0 Å². The van der Waals surface area contributed by atoms with Crippen molar-refractivity contribution in [2.24, 2.45) is 0 Å². The molecule has 4 aromatic rings. The monoisotopic (exact) mass is 490 g/mol. The van der Waals surface area contributed by atoms with Gasteiger partial charge in [-0.1, -0.05) is 13.8 Å². The molecule has 0 amide bonds. The molecule has 0 bridgehead atoms. The van der Waals surface area contributed by atoms with Gasteiger partial charge in [0.2, 0.25) is 0 Å². The molecule has 0 spiro atoms. The minimum absolute atomic E-state index is 0.414. The van der Waals surface area contributed by atoms with Crippen LogP contribution in [-0.4, -0.2) is 73.8 Å². The fourth-order valence-electron chi connectivity index (χ4n) is 4.75. The molecular formula is C26H34N8O2. The van der Waals surface area contributed by atoms with Crippen LogP contribution in [0.2, 0.25) is 0 Å². The Morgan fingerprint density at radius 3 is 2.36 bits per heavy atom. The van der Waals surface area contributed by atoms with Gasteiger partial charge in [0.05, 0.1) is 18.9 Å². The zero-order valence-electron chi connectivity index (χ0n) is 21.3. The third kappa shape index (κ3) is 4.70. The van der Waals surface area contributed by atoms with Gasteiger partial charge in [0, 0.05) is 62.9 Å². The second-order valence-corrected chi connectivity index (χ2v) is 8.61. The first-order valence-electron chi connectivity index (χ1n) is 13.0. The molecule has 10 heteroatoms. The van der Waals surface area contributed by atoms with Crippen molar-refractivity contribution < 1.29 is 9.47 Å². The van der Waals surface area contributed by atoms with Crippen molar-refractivity contribution in [2.45, 2.75) is 46.1 Å². The Kier molecular flexibility index (Phi) is 7.52. The summed E-state index contributed by atoms with van der Waals surface area (Å²) in [5.74, 6) is 2.67. The minimum atomic E-state index is 0.414. The van der Waals surface area contributed by atoms with E-state index >= 15 is 0 Å². The second kappa shape index (κ2) is 11.1. The number of aromatic nitrogens is 7. The second-order valence-electron chi connectivity index (χ2n) is 8.61. The topological polar surface area (TPSA) is 96.0 Å². The third-order valence-electron chi connectivity index (χ3n) is 6.58. The van der Waals surface area contributed by atoms with Crippen molar-refractivity contribution in [1.29, 1.82) is 0 Å². The van der Waals surface area contributed by atoms with E-state index in [1.807, 2.05) is 32.2 Å². The largest absolute Gasteiger partial charge is 0.381 e.